The van der Waals surface area contributed by atoms with E-state index in [0.29, 0.717) is 42.6 Å². The summed E-state index contributed by atoms with van der Waals surface area (Å²) in [5.41, 5.74) is 2.82. The molecule has 1 aliphatic heterocycles. The smallest absolute Gasteiger partial charge is 0.260 e. The number of nitrogens with one attached hydrogen (secondary N) is 1. The number of nitrogens with zero attached hydrogens (tertiary/aromatic N) is 2. The molecule has 0 bridgehead atoms. The van der Waals surface area contributed by atoms with Crippen LogP contribution < -0.4 is 10.1 Å². The van der Waals surface area contributed by atoms with E-state index < -0.39 is 0 Å². The topological polar surface area (TPSA) is 61.9 Å². The van der Waals surface area contributed by atoms with E-state index in [9.17, 15) is 9.59 Å². The highest BCUT2D eigenvalue weighted by molar-refractivity contribution is 6.33. The van der Waals surface area contributed by atoms with Gasteiger partial charge in [0.1, 0.15) is 5.75 Å². The number of rotatable bonds is 6. The second-order valence-electron chi connectivity index (χ2n) is 7.30. The Morgan fingerprint density at radius 2 is 1.69 bits per heavy atom. The maximum atomic E-state index is 12.4. The number of aryl methyl sites for hydroxylation is 2. The van der Waals surface area contributed by atoms with Crippen LogP contribution in [0.1, 0.15) is 11.1 Å². The summed E-state index contributed by atoms with van der Waals surface area (Å²) in [6.07, 6.45) is 0. The van der Waals surface area contributed by atoms with Crippen LogP contribution >= 0.6 is 11.6 Å². The monoisotopic (exact) mass is 415 g/mol. The predicted molar refractivity (Wildman–Crippen MR) is 115 cm³/mol. The van der Waals surface area contributed by atoms with Crippen LogP contribution in [0.25, 0.3) is 0 Å². The maximum absolute atomic E-state index is 12.4. The van der Waals surface area contributed by atoms with Crippen molar-refractivity contribution in [2.75, 3.05) is 44.6 Å². The first-order chi connectivity index (χ1) is 13.9. The summed E-state index contributed by atoms with van der Waals surface area (Å²) in [6, 6.07) is 13.1. The normalized spacial score (nSPS) is 14.5. The van der Waals surface area contributed by atoms with Crippen LogP contribution in [0.3, 0.4) is 0 Å². The van der Waals surface area contributed by atoms with Crippen molar-refractivity contribution < 1.29 is 14.3 Å². The number of ether oxygens (including phenoxy) is 1. The van der Waals surface area contributed by atoms with E-state index >= 15 is 0 Å². The number of carbonyl (C=O) groups is 2. The molecule has 29 heavy (non-hydrogen) atoms. The van der Waals surface area contributed by atoms with Gasteiger partial charge in [-0.1, -0.05) is 29.8 Å². The minimum absolute atomic E-state index is 0.0237. The van der Waals surface area contributed by atoms with Gasteiger partial charge in [0, 0.05) is 26.2 Å². The van der Waals surface area contributed by atoms with Gasteiger partial charge in [0.2, 0.25) is 5.91 Å². The zero-order valence-electron chi connectivity index (χ0n) is 16.8. The molecular formula is C22H26ClN3O3. The van der Waals surface area contributed by atoms with E-state index in [1.807, 2.05) is 43.0 Å². The van der Waals surface area contributed by atoms with Crippen molar-refractivity contribution in [3.05, 3.63) is 58.6 Å². The molecule has 1 heterocycles. The summed E-state index contributed by atoms with van der Waals surface area (Å²) in [7, 11) is 0. The number of halogens is 1. The molecule has 154 valence electrons. The third kappa shape index (κ3) is 6.21. The van der Waals surface area contributed by atoms with Crippen molar-refractivity contribution in [1.29, 1.82) is 0 Å². The van der Waals surface area contributed by atoms with E-state index in [4.69, 9.17) is 16.3 Å². The fraction of sp³-hybridized carbons (Fsp3) is 0.364. The Kier molecular flexibility index (Phi) is 7.12. The Morgan fingerprint density at radius 1 is 1.03 bits per heavy atom. The number of piperazine rings is 1. The van der Waals surface area contributed by atoms with Crippen molar-refractivity contribution in [3.63, 3.8) is 0 Å². The zero-order valence-corrected chi connectivity index (χ0v) is 17.5. The summed E-state index contributed by atoms with van der Waals surface area (Å²) in [4.78, 5) is 28.5. The molecule has 1 N–H and O–H groups in total. The first-order valence-corrected chi connectivity index (χ1v) is 10.0. The van der Waals surface area contributed by atoms with E-state index in [1.165, 1.54) is 0 Å². The fourth-order valence-electron chi connectivity index (χ4n) is 3.36. The van der Waals surface area contributed by atoms with Crippen molar-refractivity contribution in [2.24, 2.45) is 0 Å². The number of para-hydroxylation sites is 1. The lowest BCUT2D eigenvalue weighted by Crippen LogP contribution is -2.51. The van der Waals surface area contributed by atoms with Crippen LogP contribution in [-0.4, -0.2) is 60.9 Å². The number of benzene rings is 2. The third-order valence-corrected chi connectivity index (χ3v) is 5.13. The van der Waals surface area contributed by atoms with Crippen LogP contribution in [0.15, 0.2) is 42.5 Å². The molecule has 1 saturated heterocycles. The quantitative estimate of drug-likeness (QED) is 0.787. The summed E-state index contributed by atoms with van der Waals surface area (Å²) >= 11 is 6.07. The van der Waals surface area contributed by atoms with E-state index in [2.05, 4.69) is 11.4 Å². The van der Waals surface area contributed by atoms with Crippen molar-refractivity contribution in [2.45, 2.75) is 13.8 Å². The van der Waals surface area contributed by atoms with Gasteiger partial charge < -0.3 is 15.0 Å². The Hall–Kier alpha value is -2.57. The zero-order chi connectivity index (χ0) is 20.8. The SMILES string of the molecule is Cc1cc(C)cc(OCC(=O)N2CCN(CC(=O)Nc3ccccc3Cl)CC2)c1. The molecule has 0 aliphatic carbocycles. The van der Waals surface area contributed by atoms with Gasteiger partial charge in [-0.3, -0.25) is 14.5 Å². The summed E-state index contributed by atoms with van der Waals surface area (Å²) in [5.74, 6) is 0.561. The molecule has 7 heteroatoms. The largest absolute Gasteiger partial charge is 0.484 e. The average molecular weight is 416 g/mol. The standard InChI is InChI=1S/C22H26ClN3O3/c1-16-11-17(2)13-18(12-16)29-15-22(28)26-9-7-25(8-10-26)14-21(27)24-20-6-4-3-5-19(20)23/h3-6,11-13H,7-10,14-15H2,1-2H3,(H,24,27). The number of amides is 2. The molecular weight excluding hydrogens is 390 g/mol. The molecule has 2 aromatic rings. The average Bonchev–Trinajstić information content (AvgIpc) is 2.68. The summed E-state index contributed by atoms with van der Waals surface area (Å²) in [5, 5.41) is 3.34. The predicted octanol–water partition coefficient (Wildman–Crippen LogP) is 3.12. The van der Waals surface area contributed by atoms with E-state index in [0.717, 1.165) is 11.1 Å². The number of hydrogen-bond donors (Lipinski definition) is 1. The molecule has 0 radical (unpaired) electrons. The molecule has 0 spiro atoms. The van der Waals surface area contributed by atoms with Crippen molar-refractivity contribution >= 4 is 29.1 Å². The van der Waals surface area contributed by atoms with Gasteiger partial charge >= 0.3 is 0 Å². The Morgan fingerprint density at radius 3 is 2.34 bits per heavy atom. The lowest BCUT2D eigenvalue weighted by atomic mass is 10.1. The van der Waals surface area contributed by atoms with Crippen LogP contribution in [0, 0.1) is 13.8 Å². The van der Waals surface area contributed by atoms with Crippen LogP contribution in [0.4, 0.5) is 5.69 Å². The van der Waals surface area contributed by atoms with E-state index in [1.54, 1.807) is 17.0 Å². The van der Waals surface area contributed by atoms with Crippen LogP contribution in [0.5, 0.6) is 5.75 Å². The van der Waals surface area contributed by atoms with Crippen molar-refractivity contribution in [1.82, 2.24) is 9.80 Å². The molecule has 1 aliphatic rings. The minimum atomic E-state index is -0.115. The first-order valence-electron chi connectivity index (χ1n) is 9.66. The summed E-state index contributed by atoms with van der Waals surface area (Å²) < 4.78 is 5.67. The third-order valence-electron chi connectivity index (χ3n) is 4.80. The second-order valence-corrected chi connectivity index (χ2v) is 7.70. The lowest BCUT2D eigenvalue weighted by Gasteiger charge is -2.34. The summed E-state index contributed by atoms with van der Waals surface area (Å²) in [6.45, 7) is 6.74. The van der Waals surface area contributed by atoms with Crippen LogP contribution in [-0.2, 0) is 9.59 Å². The molecule has 2 aromatic carbocycles. The van der Waals surface area contributed by atoms with Gasteiger partial charge in [-0.15, -0.1) is 0 Å². The Labute approximate surface area is 176 Å². The van der Waals surface area contributed by atoms with Crippen LogP contribution in [0.2, 0.25) is 5.02 Å². The van der Waals surface area contributed by atoms with Crippen molar-refractivity contribution in [3.8, 4) is 5.75 Å². The minimum Gasteiger partial charge on any atom is -0.484 e. The number of hydrogen-bond acceptors (Lipinski definition) is 4. The highest BCUT2D eigenvalue weighted by Gasteiger charge is 2.23. The molecule has 0 aromatic heterocycles. The highest BCUT2D eigenvalue weighted by Crippen LogP contribution is 2.20. The first kappa shape index (κ1) is 21.1. The highest BCUT2D eigenvalue weighted by atomic mass is 35.5. The van der Waals surface area contributed by atoms with Gasteiger partial charge in [-0.2, -0.15) is 0 Å². The van der Waals surface area contributed by atoms with Gasteiger partial charge in [0.25, 0.3) is 5.91 Å². The lowest BCUT2D eigenvalue weighted by molar-refractivity contribution is -0.135. The molecule has 0 saturated carbocycles. The molecule has 1 fully saturated rings. The maximum Gasteiger partial charge on any atom is 0.260 e. The van der Waals surface area contributed by atoms with E-state index in [-0.39, 0.29) is 25.0 Å². The van der Waals surface area contributed by atoms with Gasteiger partial charge in [0.05, 0.1) is 17.3 Å². The van der Waals surface area contributed by atoms with Gasteiger partial charge in [0.15, 0.2) is 6.61 Å². The Balaban J connectivity index is 1.42. The molecule has 0 atom stereocenters. The fourth-order valence-corrected chi connectivity index (χ4v) is 3.55. The molecule has 2 amide bonds. The molecule has 6 nitrogen and oxygen atoms in total. The van der Waals surface area contributed by atoms with Gasteiger partial charge in [-0.25, -0.2) is 0 Å². The second kappa shape index (κ2) is 9.76. The Bertz CT molecular complexity index is 859. The number of anilines is 1. The molecule has 0 unspecified atom stereocenters. The molecule has 3 rings (SSSR count). The van der Waals surface area contributed by atoms with Gasteiger partial charge in [-0.05, 0) is 49.2 Å². The number of carbonyl (C=O) groups excluding carboxylic acids is 2.